The van der Waals surface area contributed by atoms with Gasteiger partial charge in [0, 0.05) is 18.3 Å². The van der Waals surface area contributed by atoms with Gasteiger partial charge in [-0.25, -0.2) is 4.98 Å². The van der Waals surface area contributed by atoms with Crippen LogP contribution in [-0.4, -0.2) is 16.5 Å². The Balaban J connectivity index is 1.79. The molecule has 4 nitrogen and oxygen atoms in total. The molecule has 0 radical (unpaired) electrons. The molecular formula is C17H21N3O. The maximum Gasteiger partial charge on any atom is 0.226 e. The van der Waals surface area contributed by atoms with E-state index in [0.717, 1.165) is 30.8 Å². The number of aryl methyl sites for hydroxylation is 3. The summed E-state index contributed by atoms with van der Waals surface area (Å²) in [6, 6.07) is 8.20. The SMILES string of the molecule is CCCNc1nc(C)cc(Oc2ccc3c(c2)CCC3)n1. The lowest BCUT2D eigenvalue weighted by atomic mass is 10.1. The number of ether oxygens (including phenoxy) is 1. The first-order chi connectivity index (χ1) is 10.2. The van der Waals surface area contributed by atoms with E-state index in [1.807, 2.05) is 19.1 Å². The Hall–Kier alpha value is -2.10. The van der Waals surface area contributed by atoms with Gasteiger partial charge in [0.1, 0.15) is 5.75 Å². The van der Waals surface area contributed by atoms with Crippen LogP contribution in [0.2, 0.25) is 0 Å². The highest BCUT2D eigenvalue weighted by Crippen LogP contribution is 2.28. The Bertz CT molecular complexity index is 640. The quantitative estimate of drug-likeness (QED) is 0.904. The van der Waals surface area contributed by atoms with Gasteiger partial charge < -0.3 is 10.1 Å². The van der Waals surface area contributed by atoms with Gasteiger partial charge in [0.2, 0.25) is 11.8 Å². The molecule has 1 aromatic carbocycles. The van der Waals surface area contributed by atoms with E-state index in [2.05, 4.69) is 34.3 Å². The fraction of sp³-hybridized carbons (Fsp3) is 0.412. The van der Waals surface area contributed by atoms with Crippen LogP contribution in [0.1, 0.15) is 36.6 Å². The highest BCUT2D eigenvalue weighted by Gasteiger charge is 2.12. The lowest BCUT2D eigenvalue weighted by molar-refractivity contribution is 0.461. The second-order valence-electron chi connectivity index (χ2n) is 5.48. The van der Waals surface area contributed by atoms with Gasteiger partial charge in [-0.05, 0) is 55.9 Å². The van der Waals surface area contributed by atoms with E-state index in [-0.39, 0.29) is 0 Å². The predicted octanol–water partition coefficient (Wildman–Crippen LogP) is 3.89. The molecule has 1 aromatic heterocycles. The summed E-state index contributed by atoms with van der Waals surface area (Å²) in [6.07, 6.45) is 4.63. The van der Waals surface area contributed by atoms with Crippen molar-refractivity contribution in [1.82, 2.24) is 9.97 Å². The number of aromatic nitrogens is 2. The molecule has 0 fully saturated rings. The number of nitrogens with zero attached hydrogens (tertiary/aromatic N) is 2. The van der Waals surface area contributed by atoms with Crippen molar-refractivity contribution in [2.75, 3.05) is 11.9 Å². The van der Waals surface area contributed by atoms with E-state index < -0.39 is 0 Å². The topological polar surface area (TPSA) is 47.0 Å². The van der Waals surface area contributed by atoms with Gasteiger partial charge >= 0.3 is 0 Å². The van der Waals surface area contributed by atoms with Crippen LogP contribution in [0.4, 0.5) is 5.95 Å². The molecule has 4 heteroatoms. The highest BCUT2D eigenvalue weighted by molar-refractivity contribution is 5.40. The average molecular weight is 283 g/mol. The minimum Gasteiger partial charge on any atom is -0.439 e. The zero-order valence-corrected chi connectivity index (χ0v) is 12.6. The molecule has 0 spiro atoms. The first-order valence-corrected chi connectivity index (χ1v) is 7.64. The summed E-state index contributed by atoms with van der Waals surface area (Å²) in [7, 11) is 0. The van der Waals surface area contributed by atoms with E-state index in [1.165, 1.54) is 24.0 Å². The number of fused-ring (bicyclic) bond motifs is 1. The van der Waals surface area contributed by atoms with Gasteiger partial charge in [0.25, 0.3) is 0 Å². The first kappa shape index (κ1) is 13.9. The number of benzene rings is 1. The summed E-state index contributed by atoms with van der Waals surface area (Å²) in [5, 5.41) is 3.20. The lowest BCUT2D eigenvalue weighted by Gasteiger charge is -2.09. The zero-order chi connectivity index (χ0) is 14.7. The molecule has 2 aromatic rings. The van der Waals surface area contributed by atoms with Crippen molar-refractivity contribution in [3.05, 3.63) is 41.1 Å². The minimum atomic E-state index is 0.596. The van der Waals surface area contributed by atoms with Crippen LogP contribution in [0, 0.1) is 6.92 Å². The van der Waals surface area contributed by atoms with Crippen molar-refractivity contribution >= 4 is 5.95 Å². The number of hydrogen-bond acceptors (Lipinski definition) is 4. The van der Waals surface area contributed by atoms with Gasteiger partial charge in [-0.15, -0.1) is 0 Å². The molecule has 0 saturated heterocycles. The zero-order valence-electron chi connectivity index (χ0n) is 12.6. The van der Waals surface area contributed by atoms with E-state index in [0.29, 0.717) is 11.8 Å². The Morgan fingerprint density at radius 2 is 2.00 bits per heavy atom. The van der Waals surface area contributed by atoms with Crippen LogP contribution in [0.15, 0.2) is 24.3 Å². The third kappa shape index (κ3) is 3.32. The van der Waals surface area contributed by atoms with Crippen LogP contribution < -0.4 is 10.1 Å². The molecule has 0 aliphatic heterocycles. The number of nitrogens with one attached hydrogen (secondary N) is 1. The van der Waals surface area contributed by atoms with Crippen molar-refractivity contribution in [3.8, 4) is 11.6 Å². The summed E-state index contributed by atoms with van der Waals surface area (Å²) in [6.45, 7) is 4.93. The summed E-state index contributed by atoms with van der Waals surface area (Å²) in [5.41, 5.74) is 3.76. The van der Waals surface area contributed by atoms with Crippen LogP contribution in [-0.2, 0) is 12.8 Å². The molecule has 3 rings (SSSR count). The lowest BCUT2D eigenvalue weighted by Crippen LogP contribution is -2.05. The fourth-order valence-electron chi connectivity index (χ4n) is 2.64. The van der Waals surface area contributed by atoms with E-state index in [1.54, 1.807) is 0 Å². The molecule has 1 N–H and O–H groups in total. The standard InChI is InChI=1S/C17H21N3O/c1-3-9-18-17-19-12(2)10-16(20-17)21-15-8-7-13-5-4-6-14(13)11-15/h7-8,10-11H,3-6,9H2,1-2H3,(H,18,19,20). The molecule has 1 aliphatic carbocycles. The normalized spacial score (nSPS) is 13.0. The van der Waals surface area contributed by atoms with Gasteiger partial charge in [0.05, 0.1) is 0 Å². The van der Waals surface area contributed by atoms with Crippen LogP contribution in [0.3, 0.4) is 0 Å². The Morgan fingerprint density at radius 3 is 2.86 bits per heavy atom. The van der Waals surface area contributed by atoms with Crippen molar-refractivity contribution in [1.29, 1.82) is 0 Å². The smallest absolute Gasteiger partial charge is 0.226 e. The molecule has 1 heterocycles. The average Bonchev–Trinajstić information content (AvgIpc) is 2.92. The summed E-state index contributed by atoms with van der Waals surface area (Å²) < 4.78 is 5.91. The van der Waals surface area contributed by atoms with Crippen LogP contribution in [0.5, 0.6) is 11.6 Å². The van der Waals surface area contributed by atoms with E-state index in [4.69, 9.17) is 4.74 Å². The largest absolute Gasteiger partial charge is 0.439 e. The van der Waals surface area contributed by atoms with Crippen LogP contribution >= 0.6 is 0 Å². The van der Waals surface area contributed by atoms with Gasteiger partial charge in [0.15, 0.2) is 0 Å². The highest BCUT2D eigenvalue weighted by atomic mass is 16.5. The first-order valence-electron chi connectivity index (χ1n) is 7.64. The summed E-state index contributed by atoms with van der Waals surface area (Å²) in [5.74, 6) is 2.09. The Labute approximate surface area is 125 Å². The molecular weight excluding hydrogens is 262 g/mol. The molecule has 0 atom stereocenters. The van der Waals surface area contributed by atoms with Gasteiger partial charge in [-0.1, -0.05) is 13.0 Å². The van der Waals surface area contributed by atoms with Gasteiger partial charge in [-0.3, -0.25) is 0 Å². The molecule has 0 unspecified atom stereocenters. The van der Waals surface area contributed by atoms with Crippen molar-refractivity contribution in [3.63, 3.8) is 0 Å². The third-order valence-electron chi connectivity index (χ3n) is 3.66. The fourth-order valence-corrected chi connectivity index (χ4v) is 2.64. The molecule has 1 aliphatic rings. The molecule has 0 bridgehead atoms. The van der Waals surface area contributed by atoms with E-state index in [9.17, 15) is 0 Å². The van der Waals surface area contributed by atoms with Crippen molar-refractivity contribution in [2.45, 2.75) is 39.5 Å². The Morgan fingerprint density at radius 1 is 1.14 bits per heavy atom. The molecule has 0 amide bonds. The van der Waals surface area contributed by atoms with Crippen LogP contribution in [0.25, 0.3) is 0 Å². The monoisotopic (exact) mass is 283 g/mol. The maximum atomic E-state index is 5.91. The Kier molecular flexibility index (Phi) is 4.04. The summed E-state index contributed by atoms with van der Waals surface area (Å²) in [4.78, 5) is 8.78. The van der Waals surface area contributed by atoms with E-state index >= 15 is 0 Å². The molecule has 0 saturated carbocycles. The minimum absolute atomic E-state index is 0.596. The number of anilines is 1. The molecule has 21 heavy (non-hydrogen) atoms. The third-order valence-corrected chi connectivity index (χ3v) is 3.66. The molecule has 110 valence electrons. The van der Waals surface area contributed by atoms with Gasteiger partial charge in [-0.2, -0.15) is 4.98 Å². The van der Waals surface area contributed by atoms with Crippen molar-refractivity contribution < 1.29 is 4.74 Å². The van der Waals surface area contributed by atoms with Crippen molar-refractivity contribution in [2.24, 2.45) is 0 Å². The summed E-state index contributed by atoms with van der Waals surface area (Å²) >= 11 is 0. The predicted molar refractivity (Wildman–Crippen MR) is 84.1 cm³/mol. The number of hydrogen-bond donors (Lipinski definition) is 1. The maximum absolute atomic E-state index is 5.91. The number of rotatable bonds is 5. The second kappa shape index (κ2) is 6.12. The second-order valence-corrected chi connectivity index (χ2v) is 5.48.